The number of fused-ring (bicyclic) bond motifs is 5. The molecule has 0 atom stereocenters. The van der Waals surface area contributed by atoms with Gasteiger partial charge in [-0.2, -0.15) is 0 Å². The second-order valence-electron chi connectivity index (χ2n) is 11.4. The Morgan fingerprint density at radius 2 is 1.04 bits per heavy atom. The molecule has 2 heterocycles. The van der Waals surface area contributed by atoms with Crippen molar-refractivity contribution in [1.29, 1.82) is 0 Å². The van der Waals surface area contributed by atoms with Crippen molar-refractivity contribution >= 4 is 53.7 Å². The van der Waals surface area contributed by atoms with E-state index in [4.69, 9.17) is 9.97 Å². The summed E-state index contributed by atoms with van der Waals surface area (Å²) in [7, 11) is 0. The van der Waals surface area contributed by atoms with Crippen LogP contribution >= 0.6 is 11.3 Å². The van der Waals surface area contributed by atoms with Gasteiger partial charge < -0.3 is 0 Å². The van der Waals surface area contributed by atoms with E-state index < -0.39 is 0 Å². The highest BCUT2D eigenvalue weighted by molar-refractivity contribution is 7.22. The molecule has 0 aliphatic carbocycles. The summed E-state index contributed by atoms with van der Waals surface area (Å²) >= 11 is 1.83. The number of rotatable bonds is 4. The maximum atomic E-state index is 5.26. The van der Waals surface area contributed by atoms with Crippen molar-refractivity contribution in [3.63, 3.8) is 0 Å². The summed E-state index contributed by atoms with van der Waals surface area (Å²) in [6.07, 6.45) is 0. The van der Waals surface area contributed by atoms with Crippen LogP contribution in [0.3, 0.4) is 0 Å². The molecule has 0 N–H and O–H groups in total. The van der Waals surface area contributed by atoms with E-state index in [0.29, 0.717) is 0 Å². The van der Waals surface area contributed by atoms with E-state index >= 15 is 0 Å². The largest absolute Gasteiger partial charge is 0.228 e. The Morgan fingerprint density at radius 1 is 0.378 bits per heavy atom. The molecule has 0 bridgehead atoms. The molecule has 2 aromatic heterocycles. The van der Waals surface area contributed by atoms with Crippen molar-refractivity contribution in [3.8, 4) is 44.3 Å². The number of benzene rings is 7. The second-order valence-corrected chi connectivity index (χ2v) is 12.5. The summed E-state index contributed by atoms with van der Waals surface area (Å²) in [6, 6.07) is 56.2. The number of aromatic nitrogens is 2. The predicted molar refractivity (Wildman–Crippen MR) is 192 cm³/mol. The van der Waals surface area contributed by atoms with Gasteiger partial charge in [-0.25, -0.2) is 9.97 Å². The molecule has 0 unspecified atom stereocenters. The van der Waals surface area contributed by atoms with E-state index in [1.165, 1.54) is 52.8 Å². The highest BCUT2D eigenvalue weighted by Gasteiger charge is 2.17. The van der Waals surface area contributed by atoms with Gasteiger partial charge in [-0.15, -0.1) is 11.3 Å². The molecule has 0 radical (unpaired) electrons. The Labute approximate surface area is 264 Å². The summed E-state index contributed by atoms with van der Waals surface area (Å²) in [6.45, 7) is 0. The first-order valence-electron chi connectivity index (χ1n) is 15.2. The molecule has 9 aromatic rings. The van der Waals surface area contributed by atoms with E-state index in [1.807, 2.05) is 29.5 Å². The quantitative estimate of drug-likeness (QED) is 0.150. The van der Waals surface area contributed by atoms with Gasteiger partial charge in [0.15, 0.2) is 5.82 Å². The minimum absolute atomic E-state index is 0.721. The van der Waals surface area contributed by atoms with Crippen molar-refractivity contribution in [2.75, 3.05) is 0 Å². The zero-order valence-electron chi connectivity index (χ0n) is 24.3. The normalized spacial score (nSPS) is 11.6. The lowest BCUT2D eigenvalue weighted by Gasteiger charge is -2.15. The van der Waals surface area contributed by atoms with Gasteiger partial charge >= 0.3 is 0 Å². The van der Waals surface area contributed by atoms with E-state index in [1.54, 1.807) is 0 Å². The van der Waals surface area contributed by atoms with Gasteiger partial charge in [0, 0.05) is 26.3 Å². The van der Waals surface area contributed by atoms with Crippen LogP contribution in [0.15, 0.2) is 158 Å². The van der Waals surface area contributed by atoms with Crippen LogP contribution in [0.2, 0.25) is 0 Å². The molecule has 0 spiro atoms. The molecular weight excluding hydrogens is 565 g/mol. The van der Waals surface area contributed by atoms with Crippen LogP contribution in [0.25, 0.3) is 86.7 Å². The first-order chi connectivity index (χ1) is 22.3. The van der Waals surface area contributed by atoms with E-state index in [-0.39, 0.29) is 0 Å². The fourth-order valence-corrected chi connectivity index (χ4v) is 7.53. The smallest absolute Gasteiger partial charge is 0.160 e. The molecule has 210 valence electrons. The van der Waals surface area contributed by atoms with Crippen molar-refractivity contribution in [2.45, 2.75) is 0 Å². The number of thiophene rings is 1. The topological polar surface area (TPSA) is 25.8 Å². The standard InChI is InChI=1S/C42H26N2S/c1-2-11-30(12-3-1)42-43-37(28-18-20-29(21-19-28)40-25-32-14-6-9-17-39(32)45-40)26-38(44-42)41-34-16-8-5-13-31(34)24-36-33-15-7-4-10-27(33)22-23-35(36)41/h1-26H. The average Bonchev–Trinajstić information content (AvgIpc) is 3.55. The Balaban J connectivity index is 1.27. The fraction of sp³-hybridized carbons (Fsp3) is 0. The zero-order chi connectivity index (χ0) is 29.7. The van der Waals surface area contributed by atoms with Gasteiger partial charge in [0.2, 0.25) is 0 Å². The summed E-state index contributed by atoms with van der Waals surface area (Å²) in [4.78, 5) is 11.7. The molecule has 2 nitrogen and oxygen atoms in total. The maximum Gasteiger partial charge on any atom is 0.160 e. The molecule has 0 saturated carbocycles. The minimum Gasteiger partial charge on any atom is -0.228 e. The number of hydrogen-bond donors (Lipinski definition) is 0. The van der Waals surface area contributed by atoms with Crippen LogP contribution in [0.1, 0.15) is 0 Å². The molecule has 7 aromatic carbocycles. The van der Waals surface area contributed by atoms with Crippen molar-refractivity contribution in [2.24, 2.45) is 0 Å². The van der Waals surface area contributed by atoms with Crippen LogP contribution in [0.4, 0.5) is 0 Å². The van der Waals surface area contributed by atoms with Crippen molar-refractivity contribution in [1.82, 2.24) is 9.97 Å². The lowest BCUT2D eigenvalue weighted by molar-refractivity contribution is 1.19. The molecule has 3 heteroatoms. The van der Waals surface area contributed by atoms with Crippen LogP contribution in [-0.4, -0.2) is 9.97 Å². The van der Waals surface area contributed by atoms with Gasteiger partial charge in [0.05, 0.1) is 11.4 Å². The Hall–Kier alpha value is -5.64. The van der Waals surface area contributed by atoms with Gasteiger partial charge in [-0.05, 0) is 67.5 Å². The van der Waals surface area contributed by atoms with E-state index in [0.717, 1.165) is 33.9 Å². The van der Waals surface area contributed by atoms with Crippen molar-refractivity contribution < 1.29 is 0 Å². The molecule has 45 heavy (non-hydrogen) atoms. The van der Waals surface area contributed by atoms with Gasteiger partial charge in [-0.3, -0.25) is 0 Å². The number of nitrogens with zero attached hydrogens (tertiary/aromatic N) is 2. The Morgan fingerprint density at radius 3 is 1.87 bits per heavy atom. The molecule has 0 saturated heterocycles. The highest BCUT2D eigenvalue weighted by atomic mass is 32.1. The summed E-state index contributed by atoms with van der Waals surface area (Å²) in [5, 5.41) is 8.57. The maximum absolute atomic E-state index is 5.26. The molecule has 9 rings (SSSR count). The van der Waals surface area contributed by atoms with Crippen LogP contribution < -0.4 is 0 Å². The fourth-order valence-electron chi connectivity index (χ4n) is 6.47. The molecule has 0 fully saturated rings. The van der Waals surface area contributed by atoms with Crippen molar-refractivity contribution in [3.05, 3.63) is 158 Å². The number of hydrogen-bond acceptors (Lipinski definition) is 3. The first kappa shape index (κ1) is 25.8. The van der Waals surface area contributed by atoms with Crippen LogP contribution in [-0.2, 0) is 0 Å². The van der Waals surface area contributed by atoms with Crippen LogP contribution in [0, 0.1) is 0 Å². The monoisotopic (exact) mass is 590 g/mol. The van der Waals surface area contributed by atoms with E-state index in [2.05, 4.69) is 140 Å². The minimum atomic E-state index is 0.721. The highest BCUT2D eigenvalue weighted by Crippen LogP contribution is 2.40. The lowest BCUT2D eigenvalue weighted by Crippen LogP contribution is -1.97. The van der Waals surface area contributed by atoms with Gasteiger partial charge in [0.1, 0.15) is 0 Å². The SMILES string of the molecule is c1ccc(-c2nc(-c3ccc(-c4cc5ccccc5s4)cc3)cc(-c3c4ccccc4cc4c3ccc3ccccc34)n2)cc1. The van der Waals surface area contributed by atoms with Gasteiger partial charge in [0.25, 0.3) is 0 Å². The van der Waals surface area contributed by atoms with Gasteiger partial charge in [-0.1, -0.05) is 133 Å². The zero-order valence-corrected chi connectivity index (χ0v) is 25.1. The van der Waals surface area contributed by atoms with E-state index in [9.17, 15) is 0 Å². The summed E-state index contributed by atoms with van der Waals surface area (Å²) < 4.78 is 1.31. The predicted octanol–water partition coefficient (Wildman–Crippen LogP) is 11.8. The second kappa shape index (κ2) is 10.5. The Kier molecular flexibility index (Phi) is 6.03. The lowest BCUT2D eigenvalue weighted by atomic mass is 9.91. The Bertz CT molecular complexity index is 2500. The van der Waals surface area contributed by atoms with Crippen LogP contribution in [0.5, 0.6) is 0 Å². The molecule has 0 aliphatic rings. The summed E-state index contributed by atoms with van der Waals surface area (Å²) in [5.74, 6) is 0.721. The molecule has 0 aliphatic heterocycles. The third-order valence-electron chi connectivity index (χ3n) is 8.67. The summed E-state index contributed by atoms with van der Waals surface area (Å²) in [5.41, 5.74) is 6.24. The molecule has 0 amide bonds. The first-order valence-corrected chi connectivity index (χ1v) is 16.0. The third kappa shape index (κ3) is 4.48. The molecular formula is C42H26N2S. The third-order valence-corrected chi connectivity index (χ3v) is 9.84. The average molecular weight is 591 g/mol.